The first-order valence-electron chi connectivity index (χ1n) is 6.64. The first-order valence-corrected chi connectivity index (χ1v) is 6.64. The normalized spacial score (nSPS) is 30.2. The third-order valence-electron chi connectivity index (χ3n) is 4.65. The van der Waals surface area contributed by atoms with E-state index in [9.17, 15) is 0 Å². The molecule has 92 valence electrons. The molecule has 1 N–H and O–H groups in total. The molecule has 0 fully saturated rings. The Hall–Kier alpha value is -1.02. The molecule has 2 aliphatic rings. The van der Waals surface area contributed by atoms with Gasteiger partial charge in [0, 0.05) is 6.04 Å². The van der Waals surface area contributed by atoms with Gasteiger partial charge in [0.1, 0.15) is 5.75 Å². The lowest BCUT2D eigenvalue weighted by molar-refractivity contribution is 0.361. The van der Waals surface area contributed by atoms with Gasteiger partial charge in [0.2, 0.25) is 0 Å². The molecule has 3 rings (SSSR count). The van der Waals surface area contributed by atoms with Gasteiger partial charge >= 0.3 is 0 Å². The van der Waals surface area contributed by atoms with Crippen molar-refractivity contribution in [2.24, 2.45) is 5.92 Å². The molecule has 1 aromatic rings. The largest absolute Gasteiger partial charge is 0.497 e. The van der Waals surface area contributed by atoms with Gasteiger partial charge in [0.15, 0.2) is 0 Å². The molecule has 3 atom stereocenters. The van der Waals surface area contributed by atoms with Crippen molar-refractivity contribution < 1.29 is 4.74 Å². The molecule has 3 unspecified atom stereocenters. The van der Waals surface area contributed by atoms with Crippen LogP contribution in [0.5, 0.6) is 5.75 Å². The fourth-order valence-corrected chi connectivity index (χ4v) is 3.86. The van der Waals surface area contributed by atoms with E-state index in [4.69, 9.17) is 4.74 Å². The summed E-state index contributed by atoms with van der Waals surface area (Å²) in [6, 6.07) is 4.99. The van der Waals surface area contributed by atoms with Crippen LogP contribution >= 0.6 is 0 Å². The fourth-order valence-electron chi connectivity index (χ4n) is 3.86. The van der Waals surface area contributed by atoms with Crippen molar-refractivity contribution in [3.63, 3.8) is 0 Å². The van der Waals surface area contributed by atoms with Crippen LogP contribution in [-0.2, 0) is 6.42 Å². The zero-order chi connectivity index (χ0) is 12.0. The number of rotatable bonds is 2. The summed E-state index contributed by atoms with van der Waals surface area (Å²) in [5, 5.41) is 3.48. The number of hydrogen-bond donors (Lipinski definition) is 1. The smallest absolute Gasteiger partial charge is 0.119 e. The molecule has 0 aromatic heterocycles. The Morgan fingerprint density at radius 3 is 2.88 bits per heavy atom. The van der Waals surface area contributed by atoms with Gasteiger partial charge in [-0.05, 0) is 67.0 Å². The first kappa shape index (κ1) is 11.1. The maximum Gasteiger partial charge on any atom is 0.119 e. The lowest BCUT2D eigenvalue weighted by Crippen LogP contribution is -2.21. The molecule has 17 heavy (non-hydrogen) atoms. The third-order valence-corrected chi connectivity index (χ3v) is 4.65. The van der Waals surface area contributed by atoms with Crippen molar-refractivity contribution in [2.45, 2.75) is 38.1 Å². The highest BCUT2D eigenvalue weighted by atomic mass is 16.5. The van der Waals surface area contributed by atoms with Gasteiger partial charge in [-0.25, -0.2) is 0 Å². The monoisotopic (exact) mass is 231 g/mol. The molecule has 2 nitrogen and oxygen atoms in total. The summed E-state index contributed by atoms with van der Waals surface area (Å²) in [6.45, 7) is 2.38. The van der Waals surface area contributed by atoms with E-state index in [2.05, 4.69) is 31.4 Å². The number of methoxy groups -OCH3 is 1. The first-order chi connectivity index (χ1) is 8.26. The van der Waals surface area contributed by atoms with Crippen LogP contribution in [-0.4, -0.2) is 14.2 Å². The van der Waals surface area contributed by atoms with Crippen LogP contribution in [0.4, 0.5) is 0 Å². The van der Waals surface area contributed by atoms with Crippen molar-refractivity contribution >= 4 is 0 Å². The third kappa shape index (κ3) is 1.50. The molecule has 0 bridgehead atoms. The predicted molar refractivity (Wildman–Crippen MR) is 69.6 cm³/mol. The number of nitrogens with one attached hydrogen (secondary N) is 1. The summed E-state index contributed by atoms with van der Waals surface area (Å²) in [5.74, 6) is 2.49. The molecule has 0 radical (unpaired) electrons. The van der Waals surface area contributed by atoms with E-state index in [1.54, 1.807) is 12.7 Å². The highest BCUT2D eigenvalue weighted by molar-refractivity contribution is 5.50. The zero-order valence-corrected chi connectivity index (χ0v) is 10.9. The van der Waals surface area contributed by atoms with Crippen molar-refractivity contribution in [1.82, 2.24) is 5.32 Å². The van der Waals surface area contributed by atoms with Crippen LogP contribution in [0.25, 0.3) is 0 Å². The van der Waals surface area contributed by atoms with Crippen LogP contribution in [0.2, 0.25) is 0 Å². The van der Waals surface area contributed by atoms with Crippen LogP contribution in [0.1, 0.15) is 48.4 Å². The van der Waals surface area contributed by atoms with E-state index in [1.165, 1.54) is 30.4 Å². The molecule has 0 amide bonds. The molecule has 0 heterocycles. The minimum atomic E-state index is 0.502. The zero-order valence-electron chi connectivity index (χ0n) is 10.9. The number of aryl methyl sites for hydroxylation is 1. The maximum absolute atomic E-state index is 5.44. The quantitative estimate of drug-likeness (QED) is 0.844. The Morgan fingerprint density at radius 2 is 2.18 bits per heavy atom. The average Bonchev–Trinajstić information content (AvgIpc) is 2.64. The summed E-state index contributed by atoms with van der Waals surface area (Å²) >= 11 is 0. The van der Waals surface area contributed by atoms with Crippen molar-refractivity contribution in [3.8, 4) is 5.75 Å². The van der Waals surface area contributed by atoms with Gasteiger partial charge in [-0.3, -0.25) is 0 Å². The van der Waals surface area contributed by atoms with E-state index >= 15 is 0 Å². The van der Waals surface area contributed by atoms with E-state index in [-0.39, 0.29) is 0 Å². The van der Waals surface area contributed by atoms with Crippen molar-refractivity contribution in [1.29, 1.82) is 0 Å². The predicted octanol–water partition coefficient (Wildman–Crippen LogP) is 3.03. The summed E-state index contributed by atoms with van der Waals surface area (Å²) in [6.07, 6.45) is 3.90. The van der Waals surface area contributed by atoms with Gasteiger partial charge in [-0.15, -0.1) is 0 Å². The SMILES string of the molecule is CNC1c2cc(OC)cc3c2C(CCC3)C1C. The standard InChI is InChI=1S/C15H21NO/c1-9-12-6-4-5-10-7-11(17-3)8-13(14(10)12)15(9)16-2/h7-9,12,15-16H,4-6H2,1-3H3. The lowest BCUT2D eigenvalue weighted by Gasteiger charge is -2.25. The average molecular weight is 231 g/mol. The summed E-state index contributed by atoms with van der Waals surface area (Å²) < 4.78 is 5.44. The molecule has 0 aliphatic heterocycles. The van der Waals surface area contributed by atoms with Crippen LogP contribution in [0, 0.1) is 5.92 Å². The van der Waals surface area contributed by atoms with Crippen molar-refractivity contribution in [3.05, 3.63) is 28.8 Å². The molecule has 1 aromatic carbocycles. The molecule has 0 saturated carbocycles. The second-order valence-corrected chi connectivity index (χ2v) is 5.41. The molecule has 2 heteroatoms. The lowest BCUT2D eigenvalue weighted by atomic mass is 9.80. The molecular weight excluding hydrogens is 210 g/mol. The topological polar surface area (TPSA) is 21.3 Å². The fraction of sp³-hybridized carbons (Fsp3) is 0.600. The van der Waals surface area contributed by atoms with Gasteiger partial charge in [0.05, 0.1) is 7.11 Å². The van der Waals surface area contributed by atoms with Crippen LogP contribution in [0.3, 0.4) is 0 Å². The summed E-state index contributed by atoms with van der Waals surface area (Å²) in [7, 11) is 3.84. The molecule has 2 aliphatic carbocycles. The van der Waals surface area contributed by atoms with Crippen molar-refractivity contribution in [2.75, 3.05) is 14.2 Å². The van der Waals surface area contributed by atoms with E-state index in [0.29, 0.717) is 12.0 Å². The van der Waals surface area contributed by atoms with Gasteiger partial charge in [-0.1, -0.05) is 6.92 Å². The van der Waals surface area contributed by atoms with Gasteiger partial charge < -0.3 is 10.1 Å². The summed E-state index contributed by atoms with van der Waals surface area (Å²) in [5.41, 5.74) is 4.64. The maximum atomic E-state index is 5.44. The van der Waals surface area contributed by atoms with E-state index < -0.39 is 0 Å². The highest BCUT2D eigenvalue weighted by Gasteiger charge is 2.40. The minimum Gasteiger partial charge on any atom is -0.497 e. The van der Waals surface area contributed by atoms with E-state index in [0.717, 1.165) is 11.7 Å². The number of ether oxygens (including phenoxy) is 1. The van der Waals surface area contributed by atoms with Gasteiger partial charge in [0.25, 0.3) is 0 Å². The second kappa shape index (κ2) is 4.02. The van der Waals surface area contributed by atoms with E-state index in [1.807, 2.05) is 0 Å². The second-order valence-electron chi connectivity index (χ2n) is 5.41. The Morgan fingerprint density at radius 1 is 1.35 bits per heavy atom. The number of hydrogen-bond acceptors (Lipinski definition) is 2. The Labute approximate surface area is 103 Å². The Bertz CT molecular complexity index is 441. The van der Waals surface area contributed by atoms with Crippen LogP contribution in [0.15, 0.2) is 12.1 Å². The Balaban J connectivity index is 2.17. The van der Waals surface area contributed by atoms with Crippen LogP contribution < -0.4 is 10.1 Å². The molecular formula is C15H21NO. The number of benzene rings is 1. The molecule has 0 saturated heterocycles. The summed E-state index contributed by atoms with van der Waals surface area (Å²) in [4.78, 5) is 0. The molecule has 0 spiro atoms. The Kier molecular flexibility index (Phi) is 2.62. The highest BCUT2D eigenvalue weighted by Crippen LogP contribution is 2.52. The van der Waals surface area contributed by atoms with Gasteiger partial charge in [-0.2, -0.15) is 0 Å². The minimum absolute atomic E-state index is 0.502.